The average molecular weight is 290 g/mol. The zero-order chi connectivity index (χ0) is 13.4. The highest BCUT2D eigenvalue weighted by Gasteiger charge is 2.01. The Morgan fingerprint density at radius 2 is 2.17 bits per heavy atom. The topological polar surface area (TPSA) is 47.6 Å². The molecule has 0 radical (unpaired) electrons. The van der Waals surface area contributed by atoms with Crippen molar-refractivity contribution >= 4 is 35.2 Å². The van der Waals surface area contributed by atoms with E-state index in [0.717, 1.165) is 0 Å². The lowest BCUT2D eigenvalue weighted by Crippen LogP contribution is -2.23. The molecule has 1 aromatic carbocycles. The molecule has 0 fully saturated rings. The van der Waals surface area contributed by atoms with E-state index in [9.17, 15) is 4.79 Å². The molecule has 1 amide bonds. The number of hydrogen-bond acceptors (Lipinski definition) is 3. The van der Waals surface area contributed by atoms with Crippen molar-refractivity contribution in [3.8, 4) is 0 Å². The van der Waals surface area contributed by atoms with Gasteiger partial charge in [0.2, 0.25) is 0 Å². The first kappa shape index (κ1) is 15.0. The number of carbonyl (C=O) groups excluding carboxylic acids is 1. The molecule has 0 atom stereocenters. The van der Waals surface area contributed by atoms with Crippen LogP contribution in [-0.2, 0) is 14.4 Å². The van der Waals surface area contributed by atoms with Crippen LogP contribution in [0.2, 0.25) is 10.0 Å². The van der Waals surface area contributed by atoms with Crippen molar-refractivity contribution in [2.45, 2.75) is 0 Å². The summed E-state index contributed by atoms with van der Waals surface area (Å²) in [4.78, 5) is 16.2. The fourth-order valence-electron chi connectivity index (χ4n) is 1.10. The van der Waals surface area contributed by atoms with Crippen LogP contribution >= 0.6 is 23.2 Å². The number of rotatable bonds is 6. The number of methoxy groups -OCH3 is 1. The van der Waals surface area contributed by atoms with Gasteiger partial charge in [-0.3, -0.25) is 9.63 Å². The van der Waals surface area contributed by atoms with Gasteiger partial charge in [0.15, 0.2) is 0 Å². The van der Waals surface area contributed by atoms with Crippen molar-refractivity contribution in [2.24, 2.45) is 0 Å². The van der Waals surface area contributed by atoms with Crippen molar-refractivity contribution in [2.75, 3.05) is 20.3 Å². The molecule has 4 nitrogen and oxygen atoms in total. The summed E-state index contributed by atoms with van der Waals surface area (Å²) in [5, 5.41) is 0.846. The lowest BCUT2D eigenvalue weighted by Gasteiger charge is -2.02. The number of nitrogens with one attached hydrogen (secondary N) is 1. The summed E-state index contributed by atoms with van der Waals surface area (Å²) in [7, 11) is 1.55. The third-order valence-corrected chi connectivity index (χ3v) is 2.79. The summed E-state index contributed by atoms with van der Waals surface area (Å²) < 4.78 is 4.76. The van der Waals surface area contributed by atoms with E-state index in [2.05, 4.69) is 5.48 Å². The Morgan fingerprint density at radius 1 is 1.39 bits per heavy atom. The van der Waals surface area contributed by atoms with Gasteiger partial charge in [0.25, 0.3) is 5.91 Å². The highest BCUT2D eigenvalue weighted by molar-refractivity contribution is 6.42. The average Bonchev–Trinajstić information content (AvgIpc) is 2.36. The third kappa shape index (κ3) is 5.06. The molecule has 6 heteroatoms. The lowest BCUT2D eigenvalue weighted by molar-refractivity contribution is -0.129. The van der Waals surface area contributed by atoms with Crippen molar-refractivity contribution < 1.29 is 14.4 Å². The third-order valence-electron chi connectivity index (χ3n) is 1.96. The molecular formula is C12H13Cl2NO3. The van der Waals surface area contributed by atoms with Crippen LogP contribution in [0.4, 0.5) is 0 Å². The Hall–Kier alpha value is -1.07. The van der Waals surface area contributed by atoms with Crippen molar-refractivity contribution in [1.29, 1.82) is 0 Å². The summed E-state index contributed by atoms with van der Waals surface area (Å²) in [6, 6.07) is 5.18. The van der Waals surface area contributed by atoms with E-state index >= 15 is 0 Å². The molecule has 0 heterocycles. The zero-order valence-electron chi connectivity index (χ0n) is 9.78. The van der Waals surface area contributed by atoms with Gasteiger partial charge < -0.3 is 4.74 Å². The number of hydrogen-bond donors (Lipinski definition) is 1. The number of benzene rings is 1. The first-order valence-corrected chi connectivity index (χ1v) is 5.93. The second-order valence-corrected chi connectivity index (χ2v) is 4.07. The molecule has 0 aliphatic heterocycles. The Labute approximate surface area is 115 Å². The molecule has 0 bridgehead atoms. The maximum Gasteiger partial charge on any atom is 0.267 e. The van der Waals surface area contributed by atoms with Gasteiger partial charge in [0.1, 0.15) is 0 Å². The number of carbonyl (C=O) groups is 1. The van der Waals surface area contributed by atoms with Crippen LogP contribution in [-0.4, -0.2) is 26.2 Å². The minimum atomic E-state index is -0.387. The molecule has 0 saturated carbocycles. The monoisotopic (exact) mass is 289 g/mol. The molecule has 0 aliphatic rings. The van der Waals surface area contributed by atoms with E-state index in [4.69, 9.17) is 32.8 Å². The maximum atomic E-state index is 11.3. The molecule has 0 unspecified atom stereocenters. The number of amides is 1. The fourth-order valence-corrected chi connectivity index (χ4v) is 1.47. The van der Waals surface area contributed by atoms with Crippen LogP contribution in [0.1, 0.15) is 5.56 Å². The first-order valence-electron chi connectivity index (χ1n) is 5.18. The Kier molecular flexibility index (Phi) is 6.75. The number of halogens is 2. The second kappa shape index (κ2) is 8.11. The van der Waals surface area contributed by atoms with Gasteiger partial charge in [-0.15, -0.1) is 0 Å². The molecule has 0 aromatic heterocycles. The highest BCUT2D eigenvalue weighted by Crippen LogP contribution is 2.26. The van der Waals surface area contributed by atoms with Crippen LogP contribution in [0.25, 0.3) is 6.08 Å². The second-order valence-electron chi connectivity index (χ2n) is 3.28. The van der Waals surface area contributed by atoms with Gasteiger partial charge in [0.05, 0.1) is 23.3 Å². The van der Waals surface area contributed by atoms with E-state index in [0.29, 0.717) is 22.2 Å². The van der Waals surface area contributed by atoms with E-state index in [1.54, 1.807) is 31.4 Å². The molecule has 0 saturated heterocycles. The lowest BCUT2D eigenvalue weighted by atomic mass is 10.2. The van der Waals surface area contributed by atoms with E-state index in [-0.39, 0.29) is 12.5 Å². The van der Waals surface area contributed by atoms with Crippen molar-refractivity contribution in [1.82, 2.24) is 5.48 Å². The molecule has 98 valence electrons. The summed E-state index contributed by atoms with van der Waals surface area (Å²) >= 11 is 11.8. The summed E-state index contributed by atoms with van der Waals surface area (Å²) in [6.45, 7) is 0.693. The highest BCUT2D eigenvalue weighted by atomic mass is 35.5. The molecular weight excluding hydrogens is 277 g/mol. The summed E-state index contributed by atoms with van der Waals surface area (Å²) in [5.74, 6) is -0.387. The summed E-state index contributed by atoms with van der Waals surface area (Å²) in [6.07, 6.45) is 2.87. The summed E-state index contributed by atoms with van der Waals surface area (Å²) in [5.41, 5.74) is 2.90. The van der Waals surface area contributed by atoms with E-state index in [1.165, 1.54) is 6.08 Å². The van der Waals surface area contributed by atoms with E-state index in [1.807, 2.05) is 0 Å². The van der Waals surface area contributed by atoms with Crippen LogP contribution < -0.4 is 5.48 Å². The fraction of sp³-hybridized carbons (Fsp3) is 0.250. The Morgan fingerprint density at radius 3 is 2.89 bits per heavy atom. The Balaban J connectivity index is 2.48. The van der Waals surface area contributed by atoms with Crippen molar-refractivity contribution in [3.63, 3.8) is 0 Å². The van der Waals surface area contributed by atoms with Gasteiger partial charge in [-0.2, -0.15) is 0 Å². The minimum Gasteiger partial charge on any atom is -0.382 e. The van der Waals surface area contributed by atoms with Crippen LogP contribution in [0.15, 0.2) is 24.3 Å². The standard InChI is InChI=1S/C12H13Cl2NO3/c1-17-7-8-18-15-11(16)6-5-9-3-2-4-10(13)12(9)14/h2-6H,7-8H2,1H3,(H,15,16)/b6-5+. The van der Waals surface area contributed by atoms with Gasteiger partial charge in [-0.25, -0.2) is 5.48 Å². The van der Waals surface area contributed by atoms with Gasteiger partial charge >= 0.3 is 0 Å². The molecule has 0 aliphatic carbocycles. The molecule has 1 rings (SSSR count). The first-order chi connectivity index (χ1) is 8.65. The van der Waals surface area contributed by atoms with Crippen LogP contribution in [0, 0.1) is 0 Å². The van der Waals surface area contributed by atoms with Crippen molar-refractivity contribution in [3.05, 3.63) is 39.9 Å². The predicted octanol–water partition coefficient (Wildman–Crippen LogP) is 2.70. The quantitative estimate of drug-likeness (QED) is 0.498. The van der Waals surface area contributed by atoms with Crippen LogP contribution in [0.3, 0.4) is 0 Å². The molecule has 1 aromatic rings. The Bertz CT molecular complexity index is 435. The zero-order valence-corrected chi connectivity index (χ0v) is 11.3. The number of hydroxylamine groups is 1. The SMILES string of the molecule is COCCONC(=O)/C=C/c1cccc(Cl)c1Cl. The minimum absolute atomic E-state index is 0.286. The molecule has 0 spiro atoms. The smallest absolute Gasteiger partial charge is 0.267 e. The largest absolute Gasteiger partial charge is 0.382 e. The van der Waals surface area contributed by atoms with Gasteiger partial charge in [0, 0.05) is 13.2 Å². The molecule has 1 N–H and O–H groups in total. The van der Waals surface area contributed by atoms with E-state index < -0.39 is 0 Å². The number of ether oxygens (including phenoxy) is 1. The van der Waals surface area contributed by atoms with Gasteiger partial charge in [-0.1, -0.05) is 35.3 Å². The van der Waals surface area contributed by atoms with Gasteiger partial charge in [-0.05, 0) is 17.7 Å². The normalized spacial score (nSPS) is 10.8. The predicted molar refractivity (Wildman–Crippen MR) is 71.5 cm³/mol. The van der Waals surface area contributed by atoms with Crippen LogP contribution in [0.5, 0.6) is 0 Å². The maximum absolute atomic E-state index is 11.3. The molecule has 18 heavy (non-hydrogen) atoms.